The first kappa shape index (κ1) is 22.8. The summed E-state index contributed by atoms with van der Waals surface area (Å²) in [7, 11) is 0. The lowest BCUT2D eigenvalue weighted by Crippen LogP contribution is -2.51. The monoisotopic (exact) mass is 467 g/mol. The van der Waals surface area contributed by atoms with E-state index < -0.39 is 11.6 Å². The van der Waals surface area contributed by atoms with Gasteiger partial charge in [-0.3, -0.25) is 14.5 Å². The predicted octanol–water partition coefficient (Wildman–Crippen LogP) is 3.80. The van der Waals surface area contributed by atoms with Crippen LogP contribution in [0, 0.1) is 0 Å². The van der Waals surface area contributed by atoms with E-state index in [1.807, 2.05) is 54.6 Å². The SMILES string of the molecule is O=C(CN1C(=O)NC2(CCc3ccccc3C2)C1=O)NCCC(c1ccccc1)c1ccccc1. The molecule has 1 aliphatic carbocycles. The van der Waals surface area contributed by atoms with Crippen LogP contribution >= 0.6 is 0 Å². The Balaban J connectivity index is 1.20. The largest absolute Gasteiger partial charge is 0.355 e. The number of urea groups is 1. The van der Waals surface area contributed by atoms with Crippen LogP contribution in [-0.2, 0) is 22.4 Å². The molecule has 0 saturated carbocycles. The second-order valence-electron chi connectivity index (χ2n) is 9.36. The molecule has 2 N–H and O–H groups in total. The first-order valence-electron chi connectivity index (χ1n) is 12.1. The van der Waals surface area contributed by atoms with Crippen LogP contribution in [0.2, 0.25) is 0 Å². The van der Waals surface area contributed by atoms with Crippen molar-refractivity contribution in [2.24, 2.45) is 0 Å². The molecule has 3 aromatic carbocycles. The number of hydrogen-bond acceptors (Lipinski definition) is 3. The quantitative estimate of drug-likeness (QED) is 0.519. The summed E-state index contributed by atoms with van der Waals surface area (Å²) in [4.78, 5) is 39.7. The van der Waals surface area contributed by atoms with E-state index in [4.69, 9.17) is 0 Å². The topological polar surface area (TPSA) is 78.5 Å². The molecule has 1 fully saturated rings. The lowest BCUT2D eigenvalue weighted by molar-refractivity contribution is -0.135. The summed E-state index contributed by atoms with van der Waals surface area (Å²) in [6.07, 6.45) is 2.44. The van der Waals surface area contributed by atoms with Gasteiger partial charge in [0, 0.05) is 18.9 Å². The number of carbonyl (C=O) groups is 3. The van der Waals surface area contributed by atoms with Crippen molar-refractivity contribution in [3.8, 4) is 0 Å². The molecule has 0 aromatic heterocycles. The summed E-state index contributed by atoms with van der Waals surface area (Å²) >= 11 is 0. The van der Waals surface area contributed by atoms with E-state index in [9.17, 15) is 14.4 Å². The highest BCUT2D eigenvalue weighted by Gasteiger charge is 2.52. The number of imide groups is 1. The fourth-order valence-electron chi connectivity index (χ4n) is 5.30. The van der Waals surface area contributed by atoms with Gasteiger partial charge in [-0.25, -0.2) is 4.79 Å². The molecule has 1 spiro atoms. The Bertz CT molecular complexity index is 1190. The smallest absolute Gasteiger partial charge is 0.325 e. The number of amides is 4. The van der Waals surface area contributed by atoms with Gasteiger partial charge in [0.25, 0.3) is 5.91 Å². The minimum Gasteiger partial charge on any atom is -0.355 e. The van der Waals surface area contributed by atoms with Crippen LogP contribution in [0.1, 0.15) is 41.0 Å². The van der Waals surface area contributed by atoms with E-state index in [0.717, 1.165) is 16.9 Å². The van der Waals surface area contributed by atoms with Crippen molar-refractivity contribution in [2.75, 3.05) is 13.1 Å². The molecule has 6 heteroatoms. The van der Waals surface area contributed by atoms with Gasteiger partial charge < -0.3 is 10.6 Å². The summed E-state index contributed by atoms with van der Waals surface area (Å²) < 4.78 is 0. The number of nitrogens with zero attached hydrogens (tertiary/aromatic N) is 1. The van der Waals surface area contributed by atoms with Gasteiger partial charge in [-0.1, -0.05) is 84.9 Å². The highest BCUT2D eigenvalue weighted by atomic mass is 16.2. The van der Waals surface area contributed by atoms with Crippen molar-refractivity contribution in [2.45, 2.75) is 37.1 Å². The number of benzene rings is 3. The molecule has 4 amide bonds. The second-order valence-corrected chi connectivity index (χ2v) is 9.36. The molecule has 35 heavy (non-hydrogen) atoms. The molecule has 1 saturated heterocycles. The maximum Gasteiger partial charge on any atom is 0.325 e. The van der Waals surface area contributed by atoms with Crippen molar-refractivity contribution >= 4 is 17.8 Å². The summed E-state index contributed by atoms with van der Waals surface area (Å²) in [5, 5.41) is 5.80. The minimum atomic E-state index is -0.947. The summed E-state index contributed by atoms with van der Waals surface area (Å²) in [6, 6.07) is 27.9. The Morgan fingerprint density at radius 2 is 1.49 bits per heavy atom. The first-order valence-corrected chi connectivity index (χ1v) is 12.1. The molecule has 0 bridgehead atoms. The van der Waals surface area contributed by atoms with Gasteiger partial charge in [0.05, 0.1) is 0 Å². The van der Waals surface area contributed by atoms with Crippen molar-refractivity contribution in [1.29, 1.82) is 0 Å². The van der Waals surface area contributed by atoms with E-state index in [1.54, 1.807) is 0 Å². The minimum absolute atomic E-state index is 0.139. The Morgan fingerprint density at radius 3 is 2.14 bits per heavy atom. The van der Waals surface area contributed by atoms with Gasteiger partial charge in [0.15, 0.2) is 0 Å². The molecule has 1 atom stereocenters. The maximum absolute atomic E-state index is 13.3. The van der Waals surface area contributed by atoms with Crippen molar-refractivity contribution < 1.29 is 14.4 Å². The summed E-state index contributed by atoms with van der Waals surface area (Å²) in [5.41, 5.74) is 3.70. The molecule has 2 aliphatic rings. The van der Waals surface area contributed by atoms with Crippen molar-refractivity contribution in [3.05, 3.63) is 107 Å². The zero-order valence-electron chi connectivity index (χ0n) is 19.6. The molecule has 178 valence electrons. The van der Waals surface area contributed by atoms with Gasteiger partial charge in [0.2, 0.25) is 5.91 Å². The molecule has 1 unspecified atom stereocenters. The molecular weight excluding hydrogens is 438 g/mol. The number of carbonyl (C=O) groups excluding carboxylic acids is 3. The van der Waals surface area contributed by atoms with E-state index in [2.05, 4.69) is 41.0 Å². The standard InChI is InChI=1S/C29H29N3O3/c33-26(30-18-16-25(22-10-3-1-4-11-22)23-12-5-2-6-13-23)20-32-27(34)29(31-28(32)35)17-15-21-9-7-8-14-24(21)19-29/h1-14,25H,15-20H2,(H,30,33)(H,31,35). The average Bonchev–Trinajstić information content (AvgIpc) is 3.11. The number of nitrogens with one attached hydrogen (secondary N) is 2. The summed E-state index contributed by atoms with van der Waals surface area (Å²) in [5.74, 6) is -0.500. The number of hydrogen-bond donors (Lipinski definition) is 2. The van der Waals surface area contributed by atoms with Crippen LogP contribution in [0.4, 0.5) is 4.79 Å². The lowest BCUT2D eigenvalue weighted by Gasteiger charge is -2.32. The fraction of sp³-hybridized carbons (Fsp3) is 0.276. The van der Waals surface area contributed by atoms with Crippen LogP contribution in [0.25, 0.3) is 0 Å². The zero-order chi connectivity index (χ0) is 24.3. The molecule has 1 heterocycles. The molecule has 1 aliphatic heterocycles. The number of aryl methyl sites for hydroxylation is 1. The Morgan fingerprint density at radius 1 is 0.886 bits per heavy atom. The van der Waals surface area contributed by atoms with Crippen LogP contribution in [-0.4, -0.2) is 41.4 Å². The maximum atomic E-state index is 13.3. The first-order chi connectivity index (χ1) is 17.1. The number of rotatable bonds is 7. The van der Waals surface area contributed by atoms with E-state index in [-0.39, 0.29) is 24.3 Å². The second kappa shape index (κ2) is 9.74. The van der Waals surface area contributed by atoms with E-state index in [0.29, 0.717) is 25.8 Å². The molecule has 5 rings (SSSR count). The zero-order valence-corrected chi connectivity index (χ0v) is 19.6. The lowest BCUT2D eigenvalue weighted by atomic mass is 9.78. The Kier molecular flexibility index (Phi) is 6.36. The average molecular weight is 468 g/mol. The number of fused-ring (bicyclic) bond motifs is 1. The third-order valence-corrected chi connectivity index (χ3v) is 7.14. The highest BCUT2D eigenvalue weighted by Crippen LogP contribution is 2.33. The van der Waals surface area contributed by atoms with Gasteiger partial charge >= 0.3 is 6.03 Å². The third-order valence-electron chi connectivity index (χ3n) is 7.14. The predicted molar refractivity (Wildman–Crippen MR) is 134 cm³/mol. The Hall–Kier alpha value is -3.93. The van der Waals surface area contributed by atoms with Crippen LogP contribution in [0.5, 0.6) is 0 Å². The van der Waals surface area contributed by atoms with E-state index >= 15 is 0 Å². The van der Waals surface area contributed by atoms with Gasteiger partial charge in [-0.15, -0.1) is 0 Å². The van der Waals surface area contributed by atoms with Crippen molar-refractivity contribution in [3.63, 3.8) is 0 Å². The normalized spacial score (nSPS) is 19.1. The highest BCUT2D eigenvalue weighted by molar-refractivity contribution is 6.09. The van der Waals surface area contributed by atoms with Crippen molar-refractivity contribution in [1.82, 2.24) is 15.5 Å². The Labute approximate surface area is 205 Å². The third kappa shape index (κ3) is 4.69. The van der Waals surface area contributed by atoms with Crippen LogP contribution < -0.4 is 10.6 Å². The molecule has 6 nitrogen and oxygen atoms in total. The van der Waals surface area contributed by atoms with Gasteiger partial charge in [-0.05, 0) is 41.5 Å². The fourth-order valence-corrected chi connectivity index (χ4v) is 5.30. The van der Waals surface area contributed by atoms with Crippen LogP contribution in [0.3, 0.4) is 0 Å². The van der Waals surface area contributed by atoms with Gasteiger partial charge in [0.1, 0.15) is 12.1 Å². The molecule has 3 aromatic rings. The van der Waals surface area contributed by atoms with Gasteiger partial charge in [-0.2, -0.15) is 0 Å². The van der Waals surface area contributed by atoms with E-state index in [1.165, 1.54) is 16.7 Å². The molecular formula is C29H29N3O3. The molecule has 0 radical (unpaired) electrons. The van der Waals surface area contributed by atoms with Crippen LogP contribution in [0.15, 0.2) is 84.9 Å². The summed E-state index contributed by atoms with van der Waals surface area (Å²) in [6.45, 7) is 0.171.